The van der Waals surface area contributed by atoms with Gasteiger partial charge in [-0.3, -0.25) is 4.98 Å². The first-order valence-electron chi connectivity index (χ1n) is 7.18. The number of aliphatic hydroxyl groups excluding tert-OH is 1. The molecule has 1 unspecified atom stereocenters. The third kappa shape index (κ3) is 4.75. The van der Waals surface area contributed by atoms with Crippen LogP contribution in [-0.2, 0) is 11.3 Å². The van der Waals surface area contributed by atoms with Crippen molar-refractivity contribution in [2.75, 3.05) is 0 Å². The van der Waals surface area contributed by atoms with Crippen LogP contribution in [0.5, 0.6) is 0 Å². The van der Waals surface area contributed by atoms with Gasteiger partial charge >= 0.3 is 6.09 Å². The average molecular weight is 320 g/mol. The molecule has 0 fully saturated rings. The molecule has 1 amide bonds. The number of hydrogen-bond acceptors (Lipinski definition) is 7. The summed E-state index contributed by atoms with van der Waals surface area (Å²) in [5, 5.41) is 15.6. The van der Waals surface area contributed by atoms with Crippen LogP contribution in [0.25, 0.3) is 11.4 Å². The standard InChI is InChI=1S/C15H20N4O4/c1-9(17-14(21)22-15(2,3)4)13-18-12(19-23-13)10-5-6-16-11(7-10)8-20/h5-7,9,20H,8H2,1-4H3,(H,17,21). The Morgan fingerprint density at radius 1 is 1.48 bits per heavy atom. The quantitative estimate of drug-likeness (QED) is 0.888. The molecule has 0 aliphatic rings. The highest BCUT2D eigenvalue weighted by molar-refractivity contribution is 5.68. The van der Waals surface area contributed by atoms with E-state index in [1.54, 1.807) is 46.0 Å². The summed E-state index contributed by atoms with van der Waals surface area (Å²) in [7, 11) is 0. The van der Waals surface area contributed by atoms with Crippen molar-refractivity contribution in [3.63, 3.8) is 0 Å². The summed E-state index contributed by atoms with van der Waals surface area (Å²) in [5.41, 5.74) is 0.596. The van der Waals surface area contributed by atoms with Gasteiger partial charge in [0, 0.05) is 11.8 Å². The Kier molecular flexibility index (Phi) is 4.95. The van der Waals surface area contributed by atoms with Crippen molar-refractivity contribution in [1.29, 1.82) is 0 Å². The minimum absolute atomic E-state index is 0.171. The zero-order valence-corrected chi connectivity index (χ0v) is 13.5. The van der Waals surface area contributed by atoms with E-state index in [0.717, 1.165) is 0 Å². The SMILES string of the molecule is CC(NC(=O)OC(C)(C)C)c1nc(-c2ccnc(CO)c2)no1. The highest BCUT2D eigenvalue weighted by Gasteiger charge is 2.21. The number of carbonyl (C=O) groups excluding carboxylic acids is 1. The zero-order valence-electron chi connectivity index (χ0n) is 13.5. The number of rotatable bonds is 4. The molecule has 124 valence electrons. The van der Waals surface area contributed by atoms with E-state index in [4.69, 9.17) is 14.4 Å². The molecular weight excluding hydrogens is 300 g/mol. The number of aromatic nitrogens is 3. The van der Waals surface area contributed by atoms with Gasteiger partial charge in [0.25, 0.3) is 0 Å². The number of nitrogens with one attached hydrogen (secondary N) is 1. The van der Waals surface area contributed by atoms with Gasteiger partial charge < -0.3 is 19.7 Å². The minimum Gasteiger partial charge on any atom is -0.444 e. The molecule has 0 aliphatic heterocycles. The van der Waals surface area contributed by atoms with Crippen LogP contribution in [0, 0.1) is 0 Å². The number of alkyl carbamates (subject to hydrolysis) is 1. The summed E-state index contributed by atoms with van der Waals surface area (Å²) in [4.78, 5) is 20.0. The average Bonchev–Trinajstić information content (AvgIpc) is 2.95. The molecule has 2 N–H and O–H groups in total. The second-order valence-corrected chi connectivity index (χ2v) is 6.02. The second kappa shape index (κ2) is 6.74. The number of aliphatic hydroxyl groups is 1. The lowest BCUT2D eigenvalue weighted by Gasteiger charge is -2.20. The van der Waals surface area contributed by atoms with Crippen molar-refractivity contribution in [1.82, 2.24) is 20.4 Å². The molecule has 0 aliphatic carbocycles. The summed E-state index contributed by atoms with van der Waals surface area (Å²) >= 11 is 0. The van der Waals surface area contributed by atoms with Crippen molar-refractivity contribution in [3.8, 4) is 11.4 Å². The molecule has 0 aromatic carbocycles. The van der Waals surface area contributed by atoms with Gasteiger partial charge in [-0.15, -0.1) is 0 Å². The van der Waals surface area contributed by atoms with Crippen LogP contribution in [0.2, 0.25) is 0 Å². The van der Waals surface area contributed by atoms with E-state index in [1.807, 2.05) is 0 Å². The van der Waals surface area contributed by atoms with Gasteiger partial charge in [0.1, 0.15) is 11.6 Å². The van der Waals surface area contributed by atoms with Crippen LogP contribution >= 0.6 is 0 Å². The van der Waals surface area contributed by atoms with Crippen molar-refractivity contribution in [2.45, 2.75) is 45.9 Å². The Hall–Kier alpha value is -2.48. The maximum Gasteiger partial charge on any atom is 0.408 e. The molecule has 2 aromatic heterocycles. The molecule has 0 bridgehead atoms. The maximum absolute atomic E-state index is 11.7. The molecule has 23 heavy (non-hydrogen) atoms. The molecule has 2 aromatic rings. The van der Waals surface area contributed by atoms with Gasteiger partial charge in [-0.05, 0) is 39.8 Å². The normalized spacial score (nSPS) is 12.7. The third-order valence-corrected chi connectivity index (χ3v) is 2.78. The summed E-state index contributed by atoms with van der Waals surface area (Å²) in [6.45, 7) is 6.89. The molecule has 1 atom stereocenters. The fraction of sp³-hybridized carbons (Fsp3) is 0.467. The van der Waals surface area contributed by atoms with Gasteiger partial charge in [-0.25, -0.2) is 4.79 Å². The molecule has 0 spiro atoms. The molecule has 0 saturated carbocycles. The van der Waals surface area contributed by atoms with E-state index in [2.05, 4.69) is 20.4 Å². The lowest BCUT2D eigenvalue weighted by Crippen LogP contribution is -2.34. The fourth-order valence-corrected chi connectivity index (χ4v) is 1.78. The maximum atomic E-state index is 11.7. The van der Waals surface area contributed by atoms with Crippen molar-refractivity contribution in [3.05, 3.63) is 29.9 Å². The Bertz CT molecular complexity index is 678. The molecule has 0 saturated heterocycles. The Labute approximate surface area is 133 Å². The van der Waals surface area contributed by atoms with Gasteiger partial charge in [0.2, 0.25) is 11.7 Å². The van der Waals surface area contributed by atoms with Crippen LogP contribution in [-0.4, -0.2) is 31.9 Å². The van der Waals surface area contributed by atoms with Crippen LogP contribution in [0.15, 0.2) is 22.9 Å². The molecule has 2 rings (SSSR count). The summed E-state index contributed by atoms with van der Waals surface area (Å²) in [5.74, 6) is 0.614. The number of hydrogen-bond donors (Lipinski definition) is 2. The third-order valence-electron chi connectivity index (χ3n) is 2.78. The van der Waals surface area contributed by atoms with Crippen LogP contribution < -0.4 is 5.32 Å². The van der Waals surface area contributed by atoms with Crippen LogP contribution in [0.1, 0.15) is 45.3 Å². The number of pyridine rings is 1. The summed E-state index contributed by atoms with van der Waals surface area (Å²) < 4.78 is 10.3. The largest absolute Gasteiger partial charge is 0.444 e. The molecule has 8 nitrogen and oxygen atoms in total. The van der Waals surface area contributed by atoms with Crippen molar-refractivity contribution in [2.24, 2.45) is 0 Å². The van der Waals surface area contributed by atoms with E-state index in [1.165, 1.54) is 0 Å². The molecule has 0 radical (unpaired) electrons. The first-order chi connectivity index (χ1) is 10.8. The minimum atomic E-state index is -0.582. The van der Waals surface area contributed by atoms with E-state index in [0.29, 0.717) is 17.1 Å². The monoisotopic (exact) mass is 320 g/mol. The predicted molar refractivity (Wildman–Crippen MR) is 81.2 cm³/mol. The highest BCUT2D eigenvalue weighted by Crippen LogP contribution is 2.19. The number of nitrogens with zero attached hydrogens (tertiary/aromatic N) is 3. The van der Waals surface area contributed by atoms with E-state index in [9.17, 15) is 4.79 Å². The number of ether oxygens (including phenoxy) is 1. The topological polar surface area (TPSA) is 110 Å². The second-order valence-electron chi connectivity index (χ2n) is 6.02. The first kappa shape index (κ1) is 16.9. The molecule has 8 heteroatoms. The van der Waals surface area contributed by atoms with Crippen molar-refractivity contribution >= 4 is 6.09 Å². The van der Waals surface area contributed by atoms with Gasteiger partial charge in [0.05, 0.1) is 12.3 Å². The van der Waals surface area contributed by atoms with Gasteiger partial charge in [-0.2, -0.15) is 4.98 Å². The summed E-state index contributed by atoms with van der Waals surface area (Å²) in [6, 6.07) is 2.88. The Morgan fingerprint density at radius 2 is 2.22 bits per heavy atom. The number of carbonyl (C=O) groups is 1. The smallest absolute Gasteiger partial charge is 0.408 e. The lowest BCUT2D eigenvalue weighted by molar-refractivity contribution is 0.0499. The molecular formula is C15H20N4O4. The first-order valence-corrected chi connectivity index (χ1v) is 7.18. The van der Waals surface area contributed by atoms with Crippen LogP contribution in [0.4, 0.5) is 4.79 Å². The Balaban J connectivity index is 2.07. The highest BCUT2D eigenvalue weighted by atomic mass is 16.6. The van der Waals surface area contributed by atoms with E-state index >= 15 is 0 Å². The fourth-order valence-electron chi connectivity index (χ4n) is 1.78. The summed E-state index contributed by atoms with van der Waals surface area (Å²) in [6.07, 6.45) is 0.996. The zero-order chi connectivity index (χ0) is 17.0. The predicted octanol–water partition coefficient (Wildman–Crippen LogP) is 2.21. The van der Waals surface area contributed by atoms with Crippen LogP contribution in [0.3, 0.4) is 0 Å². The molecule has 2 heterocycles. The van der Waals surface area contributed by atoms with E-state index in [-0.39, 0.29) is 12.5 Å². The van der Waals surface area contributed by atoms with Gasteiger partial charge in [0.15, 0.2) is 0 Å². The van der Waals surface area contributed by atoms with E-state index < -0.39 is 17.7 Å². The van der Waals surface area contributed by atoms with Crippen molar-refractivity contribution < 1.29 is 19.2 Å². The lowest BCUT2D eigenvalue weighted by atomic mass is 10.2. The number of amides is 1. The Morgan fingerprint density at radius 3 is 2.87 bits per heavy atom. The van der Waals surface area contributed by atoms with Gasteiger partial charge in [-0.1, -0.05) is 5.16 Å².